The number of hydrogen-bond donors (Lipinski definition) is 1. The third-order valence-electron chi connectivity index (χ3n) is 6.81. The highest BCUT2D eigenvalue weighted by atomic mass is 19.4. The summed E-state index contributed by atoms with van der Waals surface area (Å²) in [6, 6.07) is 7.79. The Hall–Kier alpha value is -4.80. The van der Waals surface area contributed by atoms with Crippen LogP contribution in [0.2, 0.25) is 0 Å². The molecule has 240 valence electrons. The van der Waals surface area contributed by atoms with E-state index in [2.05, 4.69) is 30.2 Å². The predicted molar refractivity (Wildman–Crippen MR) is 150 cm³/mol. The molecule has 0 saturated heterocycles. The average molecular weight is 637 g/mol. The molecule has 0 spiro atoms. The number of methoxy groups -OCH3 is 1. The Morgan fingerprint density at radius 2 is 1.78 bits per heavy atom. The van der Waals surface area contributed by atoms with Gasteiger partial charge in [-0.05, 0) is 30.7 Å². The molecule has 1 aliphatic rings. The Morgan fingerprint density at radius 3 is 2.44 bits per heavy atom. The SMILES string of the molecule is COc1ccc(Cn2ncc(N[C@@H](C)COCc3cc4n(n3)CCN(c3ncc(OC(F)F)cn3)C4)c(C(F)(F)F)c2=O)cc1. The molecule has 1 aromatic carbocycles. The van der Waals surface area contributed by atoms with Gasteiger partial charge in [0.2, 0.25) is 5.95 Å². The number of alkyl halides is 5. The third kappa shape index (κ3) is 7.84. The number of fused-ring (bicyclic) bond motifs is 1. The van der Waals surface area contributed by atoms with Gasteiger partial charge in [0, 0.05) is 12.6 Å². The van der Waals surface area contributed by atoms with E-state index in [1.807, 2.05) is 11.0 Å². The summed E-state index contributed by atoms with van der Waals surface area (Å²) < 4.78 is 84.3. The molecule has 0 fully saturated rings. The maximum absolute atomic E-state index is 14.0. The van der Waals surface area contributed by atoms with Crippen LogP contribution in [0.3, 0.4) is 0 Å². The van der Waals surface area contributed by atoms with Crippen molar-refractivity contribution in [2.75, 3.05) is 30.5 Å². The van der Waals surface area contributed by atoms with Crippen molar-refractivity contribution in [3.05, 3.63) is 81.8 Å². The zero-order valence-electron chi connectivity index (χ0n) is 24.2. The molecular weight excluding hydrogens is 607 g/mol. The molecule has 5 rings (SSSR count). The molecule has 0 bridgehead atoms. The van der Waals surface area contributed by atoms with Crippen molar-refractivity contribution < 1.29 is 36.2 Å². The van der Waals surface area contributed by atoms with Gasteiger partial charge in [-0.25, -0.2) is 14.6 Å². The molecule has 0 amide bonds. The minimum absolute atomic E-state index is 0.0153. The average Bonchev–Trinajstić information content (AvgIpc) is 3.40. The van der Waals surface area contributed by atoms with Crippen molar-refractivity contribution >= 4 is 11.6 Å². The Morgan fingerprint density at radius 1 is 1.04 bits per heavy atom. The number of hydrogen-bond acceptors (Lipinski definition) is 10. The third-order valence-corrected chi connectivity index (χ3v) is 6.81. The molecular formula is C28H29F5N8O4. The summed E-state index contributed by atoms with van der Waals surface area (Å²) in [4.78, 5) is 22.9. The summed E-state index contributed by atoms with van der Waals surface area (Å²) in [5, 5.41) is 11.2. The van der Waals surface area contributed by atoms with Crippen molar-refractivity contribution in [2.24, 2.45) is 0 Å². The van der Waals surface area contributed by atoms with E-state index in [9.17, 15) is 26.7 Å². The fourth-order valence-corrected chi connectivity index (χ4v) is 4.74. The van der Waals surface area contributed by atoms with Gasteiger partial charge in [0.1, 0.15) is 11.3 Å². The van der Waals surface area contributed by atoms with Crippen LogP contribution in [0.15, 0.2) is 53.7 Å². The maximum atomic E-state index is 14.0. The number of aromatic nitrogens is 6. The quantitative estimate of drug-likeness (QED) is 0.229. The van der Waals surface area contributed by atoms with Gasteiger partial charge in [-0.15, -0.1) is 0 Å². The van der Waals surface area contributed by atoms with Gasteiger partial charge in [0.25, 0.3) is 5.56 Å². The molecule has 0 aliphatic carbocycles. The molecule has 4 heterocycles. The number of rotatable bonds is 12. The van der Waals surface area contributed by atoms with E-state index in [-0.39, 0.29) is 25.5 Å². The lowest BCUT2D eigenvalue weighted by atomic mass is 10.2. The first-order chi connectivity index (χ1) is 21.5. The first kappa shape index (κ1) is 31.6. The molecule has 12 nitrogen and oxygen atoms in total. The standard InChI is InChI=1S/C28H29F5N8O4/c1-17(37-23-12-36-41(25(42)24(23)28(31,32)33)13-18-3-5-21(43-2)6-4-18)15-44-16-19-9-20-14-39(7-8-40(20)38-19)27-34-10-22(11-35-27)45-26(29)30/h3-6,9-12,17,26,37H,7-8,13-16H2,1-2H3/t17-/m0/s1. The topological polar surface area (TPSA) is 121 Å². The van der Waals surface area contributed by atoms with E-state index in [4.69, 9.17) is 9.47 Å². The van der Waals surface area contributed by atoms with Crippen LogP contribution in [0.25, 0.3) is 0 Å². The first-order valence-corrected chi connectivity index (χ1v) is 13.7. The van der Waals surface area contributed by atoms with E-state index < -0.39 is 35.6 Å². The van der Waals surface area contributed by atoms with E-state index in [0.29, 0.717) is 42.6 Å². The van der Waals surface area contributed by atoms with Gasteiger partial charge >= 0.3 is 12.8 Å². The lowest BCUT2D eigenvalue weighted by molar-refractivity contribution is -0.138. The molecule has 17 heteroatoms. The van der Waals surface area contributed by atoms with Crippen molar-refractivity contribution in [3.63, 3.8) is 0 Å². The molecule has 0 radical (unpaired) electrons. The smallest absolute Gasteiger partial charge is 0.423 e. The van der Waals surface area contributed by atoms with E-state index >= 15 is 0 Å². The molecule has 1 aliphatic heterocycles. The van der Waals surface area contributed by atoms with Crippen LogP contribution in [-0.4, -0.2) is 62.4 Å². The summed E-state index contributed by atoms with van der Waals surface area (Å²) >= 11 is 0. The van der Waals surface area contributed by atoms with Gasteiger partial charge in [0.05, 0.1) is 75.6 Å². The van der Waals surface area contributed by atoms with Crippen LogP contribution in [0.4, 0.5) is 33.6 Å². The molecule has 0 saturated carbocycles. The number of ether oxygens (including phenoxy) is 3. The van der Waals surface area contributed by atoms with Gasteiger partial charge in [-0.3, -0.25) is 9.48 Å². The summed E-state index contributed by atoms with van der Waals surface area (Å²) in [6.07, 6.45) is -1.57. The van der Waals surface area contributed by atoms with Gasteiger partial charge < -0.3 is 24.4 Å². The predicted octanol–water partition coefficient (Wildman–Crippen LogP) is 3.94. The summed E-state index contributed by atoms with van der Waals surface area (Å²) in [7, 11) is 1.49. The summed E-state index contributed by atoms with van der Waals surface area (Å²) in [5.41, 5.74) is -1.01. The monoisotopic (exact) mass is 636 g/mol. The van der Waals surface area contributed by atoms with Crippen molar-refractivity contribution in [1.82, 2.24) is 29.5 Å². The molecule has 1 N–H and O–H groups in total. The van der Waals surface area contributed by atoms with Crippen LogP contribution < -0.4 is 25.2 Å². The Bertz CT molecular complexity index is 1640. The number of halogens is 5. The zero-order chi connectivity index (χ0) is 32.1. The van der Waals surface area contributed by atoms with Crippen molar-refractivity contribution in [3.8, 4) is 11.5 Å². The molecule has 0 unspecified atom stereocenters. The van der Waals surface area contributed by atoms with Gasteiger partial charge in [0.15, 0.2) is 5.75 Å². The van der Waals surface area contributed by atoms with E-state index in [0.717, 1.165) is 16.6 Å². The van der Waals surface area contributed by atoms with Crippen LogP contribution in [-0.2, 0) is 37.2 Å². The minimum atomic E-state index is -4.92. The van der Waals surface area contributed by atoms with E-state index in [1.165, 1.54) is 19.5 Å². The Balaban J connectivity index is 1.17. The Labute approximate surface area is 253 Å². The van der Waals surface area contributed by atoms with Crippen molar-refractivity contribution in [1.29, 1.82) is 0 Å². The lowest BCUT2D eigenvalue weighted by Crippen LogP contribution is -2.34. The van der Waals surface area contributed by atoms with Crippen molar-refractivity contribution in [2.45, 2.75) is 52.0 Å². The van der Waals surface area contributed by atoms with Gasteiger partial charge in [-0.2, -0.15) is 32.1 Å². The molecule has 45 heavy (non-hydrogen) atoms. The molecule has 1 atom stereocenters. The number of benzene rings is 1. The number of nitrogens with zero attached hydrogens (tertiary/aromatic N) is 7. The summed E-state index contributed by atoms with van der Waals surface area (Å²) in [5.74, 6) is 0.785. The summed E-state index contributed by atoms with van der Waals surface area (Å²) in [6.45, 7) is 0.0751. The van der Waals surface area contributed by atoms with Crippen LogP contribution in [0.1, 0.15) is 29.4 Å². The lowest BCUT2D eigenvalue weighted by Gasteiger charge is -2.27. The van der Waals surface area contributed by atoms with Crippen LogP contribution >= 0.6 is 0 Å². The van der Waals surface area contributed by atoms with Crippen LogP contribution in [0.5, 0.6) is 11.5 Å². The molecule has 4 aromatic rings. The second-order valence-electron chi connectivity index (χ2n) is 10.2. The molecule has 3 aromatic heterocycles. The largest absolute Gasteiger partial charge is 0.497 e. The van der Waals surface area contributed by atoms with E-state index in [1.54, 1.807) is 35.9 Å². The fraction of sp³-hybridized carbons (Fsp3) is 0.393. The highest BCUT2D eigenvalue weighted by Crippen LogP contribution is 2.32. The van der Waals surface area contributed by atoms with Gasteiger partial charge in [-0.1, -0.05) is 12.1 Å². The zero-order valence-corrected chi connectivity index (χ0v) is 24.2. The van der Waals surface area contributed by atoms with Crippen LogP contribution in [0, 0.1) is 0 Å². The fourth-order valence-electron chi connectivity index (χ4n) is 4.74. The second kappa shape index (κ2) is 13.5. The second-order valence-corrected chi connectivity index (χ2v) is 10.2. The highest BCUT2D eigenvalue weighted by Gasteiger charge is 2.38. The maximum Gasteiger partial charge on any atom is 0.423 e. The normalized spacial score (nSPS) is 13.9. The first-order valence-electron chi connectivity index (χ1n) is 13.7. The highest BCUT2D eigenvalue weighted by molar-refractivity contribution is 5.50. The Kier molecular flexibility index (Phi) is 9.45. The number of nitrogens with one attached hydrogen (secondary N) is 1. The number of anilines is 2. The minimum Gasteiger partial charge on any atom is -0.497 e.